The van der Waals surface area contributed by atoms with E-state index in [0.717, 1.165) is 28.4 Å². The Balaban J connectivity index is 1.85. The van der Waals surface area contributed by atoms with Crippen LogP contribution in [0.5, 0.6) is 5.88 Å². The monoisotopic (exact) mass is 443 g/mol. The van der Waals surface area contributed by atoms with E-state index < -0.39 is 6.55 Å². The maximum absolute atomic E-state index is 13.1. The van der Waals surface area contributed by atoms with Gasteiger partial charge in [-0.1, -0.05) is 0 Å². The second-order valence-electron chi connectivity index (χ2n) is 7.86. The number of fused-ring (bicyclic) bond motifs is 1. The molecule has 0 radical (unpaired) electrons. The summed E-state index contributed by atoms with van der Waals surface area (Å²) in [6.07, 6.45) is 6.36. The SMILES string of the molecule is CCOc1ncccc1C1=CC(N)=C2C(=C(C)NN2C(C)C)N1Cc1cnn(C(F)F)c1. The van der Waals surface area contributed by atoms with E-state index in [2.05, 4.69) is 29.4 Å². The maximum atomic E-state index is 13.1. The predicted octanol–water partition coefficient (Wildman–Crippen LogP) is 3.56. The van der Waals surface area contributed by atoms with E-state index in [1.807, 2.05) is 42.0 Å². The van der Waals surface area contributed by atoms with Crippen LogP contribution in [-0.4, -0.2) is 37.3 Å². The van der Waals surface area contributed by atoms with Crippen molar-refractivity contribution in [2.24, 2.45) is 5.73 Å². The molecule has 0 saturated heterocycles. The number of hydrogen-bond acceptors (Lipinski definition) is 7. The fourth-order valence-electron chi connectivity index (χ4n) is 3.96. The fourth-order valence-corrected chi connectivity index (χ4v) is 3.96. The highest BCUT2D eigenvalue weighted by Crippen LogP contribution is 2.42. The third-order valence-electron chi connectivity index (χ3n) is 5.28. The Labute approximate surface area is 185 Å². The molecular weight excluding hydrogens is 416 g/mol. The molecule has 32 heavy (non-hydrogen) atoms. The molecule has 8 nitrogen and oxygen atoms in total. The summed E-state index contributed by atoms with van der Waals surface area (Å²) in [6.45, 7) is 6.07. The predicted molar refractivity (Wildman–Crippen MR) is 116 cm³/mol. The van der Waals surface area contributed by atoms with Gasteiger partial charge in [0.05, 0.1) is 47.7 Å². The fraction of sp³-hybridized carbons (Fsp3) is 0.364. The van der Waals surface area contributed by atoms with Gasteiger partial charge in [0.25, 0.3) is 0 Å². The zero-order valence-electron chi connectivity index (χ0n) is 18.5. The smallest absolute Gasteiger partial charge is 0.333 e. The van der Waals surface area contributed by atoms with Crippen molar-refractivity contribution in [3.63, 3.8) is 0 Å². The Kier molecular flexibility index (Phi) is 5.77. The summed E-state index contributed by atoms with van der Waals surface area (Å²) in [5.74, 6) is 0.482. The summed E-state index contributed by atoms with van der Waals surface area (Å²) >= 11 is 0. The summed E-state index contributed by atoms with van der Waals surface area (Å²) in [4.78, 5) is 6.43. The number of pyridine rings is 1. The highest BCUT2D eigenvalue weighted by Gasteiger charge is 2.37. The first kappa shape index (κ1) is 21.7. The second-order valence-corrected chi connectivity index (χ2v) is 7.86. The molecule has 0 atom stereocenters. The Bertz CT molecular complexity index is 1100. The van der Waals surface area contributed by atoms with Crippen molar-refractivity contribution in [3.8, 4) is 5.88 Å². The Morgan fingerprint density at radius 3 is 2.69 bits per heavy atom. The van der Waals surface area contributed by atoms with E-state index in [4.69, 9.17) is 10.5 Å². The maximum Gasteiger partial charge on any atom is 0.333 e. The van der Waals surface area contributed by atoms with E-state index in [9.17, 15) is 8.78 Å². The molecule has 0 aromatic carbocycles. The van der Waals surface area contributed by atoms with Crippen molar-refractivity contribution >= 4 is 5.70 Å². The summed E-state index contributed by atoms with van der Waals surface area (Å²) in [5.41, 5.74) is 15.3. The van der Waals surface area contributed by atoms with Crippen molar-refractivity contribution in [2.45, 2.75) is 46.8 Å². The standard InChI is InChI=1S/C22H27F2N7O/c1-5-32-21-16(7-6-8-26-21)18-9-17(25)20-19(14(4)28-31(20)13(2)3)29(18)11-15-10-27-30(12-15)22(23)24/h6-10,12-13,22,28H,5,11,25H2,1-4H3. The molecule has 2 aromatic rings. The Morgan fingerprint density at radius 1 is 1.25 bits per heavy atom. The van der Waals surface area contributed by atoms with Crippen LogP contribution < -0.4 is 15.9 Å². The molecule has 10 heteroatoms. The Hall–Kier alpha value is -3.56. The summed E-state index contributed by atoms with van der Waals surface area (Å²) < 4.78 is 32.6. The van der Waals surface area contributed by atoms with E-state index in [1.54, 1.807) is 6.20 Å². The van der Waals surface area contributed by atoms with Crippen LogP contribution in [0.2, 0.25) is 0 Å². The van der Waals surface area contributed by atoms with Crippen LogP contribution in [0.15, 0.2) is 59.6 Å². The van der Waals surface area contributed by atoms with Crippen LogP contribution >= 0.6 is 0 Å². The van der Waals surface area contributed by atoms with Gasteiger partial charge >= 0.3 is 6.55 Å². The quantitative estimate of drug-likeness (QED) is 0.677. The van der Waals surface area contributed by atoms with Crippen LogP contribution in [0.3, 0.4) is 0 Å². The average molecular weight is 444 g/mol. The number of rotatable bonds is 7. The topological polar surface area (TPSA) is 84.5 Å². The van der Waals surface area contributed by atoms with Crippen LogP contribution in [0.4, 0.5) is 8.78 Å². The molecule has 0 bridgehead atoms. The second kappa shape index (κ2) is 8.52. The Morgan fingerprint density at radius 2 is 2.03 bits per heavy atom. The number of aromatic nitrogens is 3. The minimum atomic E-state index is -2.69. The van der Waals surface area contributed by atoms with Gasteiger partial charge in [-0.05, 0) is 45.9 Å². The number of hydrogen-bond donors (Lipinski definition) is 2. The van der Waals surface area contributed by atoms with Crippen molar-refractivity contribution < 1.29 is 13.5 Å². The van der Waals surface area contributed by atoms with Gasteiger partial charge in [-0.2, -0.15) is 13.9 Å². The number of nitrogens with zero attached hydrogens (tertiary/aromatic N) is 5. The molecule has 4 heterocycles. The molecule has 0 fully saturated rings. The van der Waals surface area contributed by atoms with Gasteiger partial charge in [0.1, 0.15) is 5.70 Å². The number of nitrogens with one attached hydrogen (secondary N) is 1. The molecule has 0 unspecified atom stereocenters. The molecule has 2 aliphatic heterocycles. The van der Waals surface area contributed by atoms with Crippen LogP contribution in [0.1, 0.15) is 45.4 Å². The normalized spacial score (nSPS) is 16.2. The first-order valence-electron chi connectivity index (χ1n) is 10.5. The van der Waals surface area contributed by atoms with E-state index in [-0.39, 0.29) is 6.04 Å². The van der Waals surface area contributed by atoms with E-state index in [1.165, 1.54) is 12.4 Å². The zero-order chi connectivity index (χ0) is 23.0. The summed E-state index contributed by atoms with van der Waals surface area (Å²) in [6, 6.07) is 3.89. The number of halogens is 2. The molecule has 3 N–H and O–H groups in total. The lowest BCUT2D eigenvalue weighted by Crippen LogP contribution is -2.39. The number of ether oxygens (including phenoxy) is 1. The lowest BCUT2D eigenvalue weighted by Gasteiger charge is -2.36. The van der Waals surface area contributed by atoms with Crippen molar-refractivity contribution in [2.75, 3.05) is 6.61 Å². The molecule has 0 aliphatic carbocycles. The molecule has 4 rings (SSSR count). The van der Waals surface area contributed by atoms with E-state index >= 15 is 0 Å². The minimum absolute atomic E-state index is 0.145. The lowest BCUT2D eigenvalue weighted by atomic mass is 10.0. The molecule has 2 aromatic heterocycles. The van der Waals surface area contributed by atoms with Gasteiger partial charge in [0, 0.05) is 24.0 Å². The van der Waals surface area contributed by atoms with Gasteiger partial charge in [-0.15, -0.1) is 0 Å². The van der Waals surface area contributed by atoms with Crippen LogP contribution in [0.25, 0.3) is 5.70 Å². The van der Waals surface area contributed by atoms with E-state index in [0.29, 0.717) is 35.0 Å². The van der Waals surface area contributed by atoms with Gasteiger partial charge in [-0.25, -0.2) is 9.67 Å². The number of nitrogens with two attached hydrogens (primary N) is 1. The molecule has 0 amide bonds. The number of allylic oxidation sites excluding steroid dienone is 2. The minimum Gasteiger partial charge on any atom is -0.477 e. The van der Waals surface area contributed by atoms with Gasteiger partial charge < -0.3 is 20.8 Å². The number of hydrazine groups is 1. The lowest BCUT2D eigenvalue weighted by molar-refractivity contribution is 0.0565. The van der Waals surface area contributed by atoms with Crippen LogP contribution in [0, 0.1) is 0 Å². The molecule has 2 aliphatic rings. The van der Waals surface area contributed by atoms with Crippen LogP contribution in [-0.2, 0) is 6.54 Å². The van der Waals surface area contributed by atoms with Crippen molar-refractivity contribution in [3.05, 3.63) is 70.7 Å². The summed E-state index contributed by atoms with van der Waals surface area (Å²) in [7, 11) is 0. The third-order valence-corrected chi connectivity index (χ3v) is 5.28. The molecule has 0 saturated carbocycles. The molecule has 170 valence electrons. The number of alkyl halides is 2. The highest BCUT2D eigenvalue weighted by molar-refractivity contribution is 5.75. The molecular formula is C22H27F2N7O. The highest BCUT2D eigenvalue weighted by atomic mass is 19.3. The van der Waals surface area contributed by atoms with Crippen molar-refractivity contribution in [1.82, 2.24) is 30.1 Å². The van der Waals surface area contributed by atoms with Crippen molar-refractivity contribution in [1.29, 1.82) is 0 Å². The first-order valence-corrected chi connectivity index (χ1v) is 10.5. The molecule has 0 spiro atoms. The van der Waals surface area contributed by atoms with Gasteiger partial charge in [0.15, 0.2) is 0 Å². The third kappa shape index (κ3) is 3.76. The van der Waals surface area contributed by atoms with Gasteiger partial charge in [-0.3, -0.25) is 5.01 Å². The van der Waals surface area contributed by atoms with Gasteiger partial charge in [0.2, 0.25) is 5.88 Å². The largest absolute Gasteiger partial charge is 0.477 e. The summed E-state index contributed by atoms with van der Waals surface area (Å²) in [5, 5.41) is 5.80. The zero-order valence-corrected chi connectivity index (χ0v) is 18.5. The first-order chi connectivity index (χ1) is 15.3. The average Bonchev–Trinajstić information content (AvgIpc) is 3.36.